The Morgan fingerprint density at radius 3 is 1.79 bits per heavy atom. The largest absolute Gasteiger partial charge is 0.394 e. The average molecular weight is 374 g/mol. The van der Waals surface area contributed by atoms with Crippen LogP contribution in [0, 0.1) is 20.8 Å². The van der Waals surface area contributed by atoms with E-state index < -0.39 is 0 Å². The fourth-order valence-corrected chi connectivity index (χ4v) is 4.16. The van der Waals surface area contributed by atoms with Gasteiger partial charge in [-0.05, 0) is 55.5 Å². The number of nitrogens with zero attached hydrogens (tertiary/aromatic N) is 1. The molecule has 0 aliphatic carbocycles. The van der Waals surface area contributed by atoms with Gasteiger partial charge in [0.1, 0.15) is 0 Å². The van der Waals surface area contributed by atoms with E-state index >= 15 is 0 Å². The van der Waals surface area contributed by atoms with Crippen LogP contribution >= 0.6 is 0 Å². The van der Waals surface area contributed by atoms with Crippen molar-refractivity contribution >= 4 is 0 Å². The van der Waals surface area contributed by atoms with Gasteiger partial charge in [-0.3, -0.25) is 4.90 Å². The van der Waals surface area contributed by atoms with E-state index in [9.17, 15) is 5.11 Å². The number of rotatable bonds is 7. The van der Waals surface area contributed by atoms with Crippen molar-refractivity contribution in [1.29, 1.82) is 0 Å². The van der Waals surface area contributed by atoms with Crippen molar-refractivity contribution in [3.05, 3.63) is 106 Å². The minimum absolute atomic E-state index is 0.0588. The van der Waals surface area contributed by atoms with Crippen LogP contribution in [0.3, 0.4) is 0 Å². The SMILES string of the molecule is Cc1cc(C)c(CN([C@H](C)c2ccccc2)[C@@H](CO)c2ccccc2)c(C)c1. The van der Waals surface area contributed by atoms with E-state index in [-0.39, 0.29) is 18.7 Å². The zero-order chi connectivity index (χ0) is 20.1. The summed E-state index contributed by atoms with van der Waals surface area (Å²) in [6.45, 7) is 9.65. The number of aryl methyl sites for hydroxylation is 3. The molecule has 28 heavy (non-hydrogen) atoms. The molecule has 0 aliphatic heterocycles. The summed E-state index contributed by atoms with van der Waals surface area (Å²) < 4.78 is 0. The number of aliphatic hydroxyl groups excluding tert-OH is 1. The summed E-state index contributed by atoms with van der Waals surface area (Å²) in [4.78, 5) is 2.43. The lowest BCUT2D eigenvalue weighted by atomic mass is 9.95. The molecule has 0 unspecified atom stereocenters. The van der Waals surface area contributed by atoms with E-state index in [0.29, 0.717) is 0 Å². The highest BCUT2D eigenvalue weighted by atomic mass is 16.3. The third kappa shape index (κ3) is 4.52. The molecule has 2 heteroatoms. The number of benzene rings is 3. The zero-order valence-corrected chi connectivity index (χ0v) is 17.4. The van der Waals surface area contributed by atoms with Gasteiger partial charge in [-0.15, -0.1) is 0 Å². The molecule has 0 spiro atoms. The summed E-state index contributed by atoms with van der Waals surface area (Å²) in [6, 6.07) is 25.5. The van der Waals surface area contributed by atoms with E-state index in [1.165, 1.54) is 27.8 Å². The maximum absolute atomic E-state index is 10.4. The molecule has 0 aromatic heterocycles. The fraction of sp³-hybridized carbons (Fsp3) is 0.308. The molecule has 2 nitrogen and oxygen atoms in total. The normalized spacial score (nSPS) is 13.5. The predicted octanol–water partition coefficient (Wildman–Crippen LogP) is 5.91. The van der Waals surface area contributed by atoms with Crippen LogP contribution in [0.5, 0.6) is 0 Å². The number of hydrogen-bond donors (Lipinski definition) is 1. The molecule has 146 valence electrons. The summed E-state index contributed by atoms with van der Waals surface area (Å²) in [7, 11) is 0. The highest BCUT2D eigenvalue weighted by molar-refractivity contribution is 5.38. The predicted molar refractivity (Wildman–Crippen MR) is 117 cm³/mol. The van der Waals surface area contributed by atoms with E-state index in [0.717, 1.165) is 12.1 Å². The summed E-state index contributed by atoms with van der Waals surface area (Å²) in [5.74, 6) is 0. The Labute approximate surface area is 169 Å². The number of hydrogen-bond acceptors (Lipinski definition) is 2. The minimum Gasteiger partial charge on any atom is -0.394 e. The smallest absolute Gasteiger partial charge is 0.0628 e. The van der Waals surface area contributed by atoms with Gasteiger partial charge in [0.2, 0.25) is 0 Å². The second-order valence-corrected chi connectivity index (χ2v) is 7.75. The Balaban J connectivity index is 2.04. The zero-order valence-electron chi connectivity index (χ0n) is 17.4. The Morgan fingerprint density at radius 1 is 0.786 bits per heavy atom. The summed E-state index contributed by atoms with van der Waals surface area (Å²) in [6.07, 6.45) is 0. The molecule has 3 rings (SSSR count). The highest BCUT2D eigenvalue weighted by Gasteiger charge is 2.26. The Bertz CT molecular complexity index is 866. The first-order valence-electron chi connectivity index (χ1n) is 10.0. The van der Waals surface area contributed by atoms with Crippen LogP contribution < -0.4 is 0 Å². The van der Waals surface area contributed by atoms with Crippen LogP contribution in [0.4, 0.5) is 0 Å². The van der Waals surface area contributed by atoms with Crippen molar-refractivity contribution in [2.24, 2.45) is 0 Å². The van der Waals surface area contributed by atoms with Crippen molar-refractivity contribution < 1.29 is 5.11 Å². The third-order valence-electron chi connectivity index (χ3n) is 5.72. The summed E-state index contributed by atoms with van der Waals surface area (Å²) in [5, 5.41) is 10.4. The Hall–Kier alpha value is -2.42. The van der Waals surface area contributed by atoms with Gasteiger partial charge >= 0.3 is 0 Å². The topological polar surface area (TPSA) is 23.5 Å². The first-order chi connectivity index (χ1) is 13.5. The molecule has 0 saturated carbocycles. The third-order valence-corrected chi connectivity index (χ3v) is 5.72. The van der Waals surface area contributed by atoms with E-state index in [1.807, 2.05) is 18.2 Å². The van der Waals surface area contributed by atoms with Crippen LogP contribution in [0.1, 0.15) is 52.4 Å². The lowest BCUT2D eigenvalue weighted by Crippen LogP contribution is -2.33. The lowest BCUT2D eigenvalue weighted by molar-refractivity contribution is 0.0807. The minimum atomic E-state index is -0.0588. The number of aliphatic hydroxyl groups is 1. The van der Waals surface area contributed by atoms with Crippen molar-refractivity contribution in [2.75, 3.05) is 6.61 Å². The van der Waals surface area contributed by atoms with Crippen molar-refractivity contribution in [3.63, 3.8) is 0 Å². The molecule has 0 saturated heterocycles. The van der Waals surface area contributed by atoms with Crippen molar-refractivity contribution in [2.45, 2.75) is 46.3 Å². The van der Waals surface area contributed by atoms with Gasteiger partial charge in [0, 0.05) is 12.6 Å². The molecule has 0 fully saturated rings. The maximum Gasteiger partial charge on any atom is 0.0628 e. The Kier molecular flexibility index (Phi) is 6.66. The average Bonchev–Trinajstić information content (AvgIpc) is 2.70. The van der Waals surface area contributed by atoms with Crippen LogP contribution in [0.2, 0.25) is 0 Å². The maximum atomic E-state index is 10.4. The van der Waals surface area contributed by atoms with Gasteiger partial charge in [-0.2, -0.15) is 0 Å². The molecule has 0 bridgehead atoms. The van der Waals surface area contributed by atoms with Crippen LogP contribution in [-0.2, 0) is 6.54 Å². The fourth-order valence-electron chi connectivity index (χ4n) is 4.16. The van der Waals surface area contributed by atoms with Gasteiger partial charge < -0.3 is 5.11 Å². The van der Waals surface area contributed by atoms with Crippen molar-refractivity contribution in [1.82, 2.24) is 4.90 Å². The van der Waals surface area contributed by atoms with Gasteiger partial charge in [-0.1, -0.05) is 78.4 Å². The van der Waals surface area contributed by atoms with Gasteiger partial charge in [0.05, 0.1) is 12.6 Å². The van der Waals surface area contributed by atoms with E-state index in [4.69, 9.17) is 0 Å². The quantitative estimate of drug-likeness (QED) is 0.556. The molecule has 0 radical (unpaired) electrons. The molecular formula is C26H31NO. The molecule has 2 atom stereocenters. The molecule has 3 aromatic carbocycles. The van der Waals surface area contributed by atoms with E-state index in [2.05, 4.69) is 87.2 Å². The van der Waals surface area contributed by atoms with Gasteiger partial charge in [0.15, 0.2) is 0 Å². The summed E-state index contributed by atoms with van der Waals surface area (Å²) in [5.41, 5.74) is 7.68. The van der Waals surface area contributed by atoms with Crippen molar-refractivity contribution in [3.8, 4) is 0 Å². The lowest BCUT2D eigenvalue weighted by Gasteiger charge is -2.37. The molecule has 0 heterocycles. The van der Waals surface area contributed by atoms with Crippen LogP contribution in [0.25, 0.3) is 0 Å². The molecule has 3 aromatic rings. The van der Waals surface area contributed by atoms with E-state index in [1.54, 1.807) is 0 Å². The summed E-state index contributed by atoms with van der Waals surface area (Å²) >= 11 is 0. The van der Waals surface area contributed by atoms with Gasteiger partial charge in [-0.25, -0.2) is 0 Å². The van der Waals surface area contributed by atoms with Gasteiger partial charge in [0.25, 0.3) is 0 Å². The molecule has 0 aliphatic rings. The monoisotopic (exact) mass is 373 g/mol. The van der Waals surface area contributed by atoms with Crippen LogP contribution in [-0.4, -0.2) is 16.6 Å². The van der Waals surface area contributed by atoms with Crippen LogP contribution in [0.15, 0.2) is 72.8 Å². The Morgan fingerprint density at radius 2 is 1.29 bits per heavy atom. The first kappa shape index (κ1) is 20.3. The first-order valence-corrected chi connectivity index (χ1v) is 10.0. The molecule has 0 amide bonds. The molecule has 1 N–H and O–H groups in total. The second-order valence-electron chi connectivity index (χ2n) is 7.75. The highest BCUT2D eigenvalue weighted by Crippen LogP contribution is 2.33. The standard InChI is InChI=1S/C26H31NO/c1-19-15-20(2)25(21(3)16-19)17-27(22(4)23-11-7-5-8-12-23)26(18-28)24-13-9-6-10-14-24/h5-16,22,26,28H,17-18H2,1-4H3/t22-,26+/m1/s1. The molecular weight excluding hydrogens is 342 g/mol. The second kappa shape index (κ2) is 9.18.